The molecule has 0 saturated carbocycles. The van der Waals surface area contributed by atoms with Crippen LogP contribution in [0.1, 0.15) is 19.3 Å². The Balaban J connectivity index is 1.85. The lowest BCUT2D eigenvalue weighted by molar-refractivity contribution is 0.313. The highest BCUT2D eigenvalue weighted by Crippen LogP contribution is 2.07. The van der Waals surface area contributed by atoms with Gasteiger partial charge in [0.2, 0.25) is 0 Å². The van der Waals surface area contributed by atoms with Crippen molar-refractivity contribution in [2.45, 2.75) is 19.3 Å². The van der Waals surface area contributed by atoms with Gasteiger partial charge in [0, 0.05) is 6.54 Å². The number of benzene rings is 1. The van der Waals surface area contributed by atoms with Gasteiger partial charge in [0.15, 0.2) is 0 Å². The summed E-state index contributed by atoms with van der Waals surface area (Å²) >= 11 is 1.93. The zero-order valence-electron chi connectivity index (χ0n) is 10.7. The fourth-order valence-corrected chi connectivity index (χ4v) is 2.05. The van der Waals surface area contributed by atoms with Crippen molar-refractivity contribution in [1.29, 1.82) is 0 Å². The Hall–Kier alpha value is -0.670. The van der Waals surface area contributed by atoms with E-state index in [9.17, 15) is 0 Å². The van der Waals surface area contributed by atoms with Gasteiger partial charge in [-0.15, -0.1) is 0 Å². The number of rotatable bonds is 10. The minimum Gasteiger partial charge on any atom is -0.492 e. The molecule has 1 N–H and O–H groups in total. The lowest BCUT2D eigenvalue weighted by Crippen LogP contribution is -2.22. The Bertz CT molecular complexity index is 266. The fraction of sp³-hybridized carbons (Fsp3) is 0.571. The van der Waals surface area contributed by atoms with Gasteiger partial charge in [-0.3, -0.25) is 0 Å². The second-order valence-corrected chi connectivity index (χ2v) is 4.95. The molecule has 0 radical (unpaired) electrons. The van der Waals surface area contributed by atoms with Crippen LogP contribution in [0.2, 0.25) is 0 Å². The molecule has 0 spiro atoms. The van der Waals surface area contributed by atoms with Gasteiger partial charge in [-0.05, 0) is 43.5 Å². The van der Waals surface area contributed by atoms with Crippen molar-refractivity contribution >= 4 is 11.8 Å². The predicted octanol–water partition coefficient (Wildman–Crippen LogP) is 3.19. The molecule has 0 heterocycles. The largest absolute Gasteiger partial charge is 0.492 e. The molecule has 0 amide bonds. The van der Waals surface area contributed by atoms with Gasteiger partial charge >= 0.3 is 0 Å². The first-order valence-corrected chi connectivity index (χ1v) is 7.70. The minimum atomic E-state index is 0.745. The highest BCUT2D eigenvalue weighted by Gasteiger charge is 1.92. The molecule has 0 bridgehead atoms. The zero-order valence-corrected chi connectivity index (χ0v) is 11.5. The number of hydrogen-bond donors (Lipinski definition) is 1. The van der Waals surface area contributed by atoms with E-state index in [0.29, 0.717) is 0 Å². The average molecular weight is 253 g/mol. The van der Waals surface area contributed by atoms with Crippen molar-refractivity contribution in [3.05, 3.63) is 30.3 Å². The molecule has 0 fully saturated rings. The molecule has 0 aromatic heterocycles. The number of para-hydroxylation sites is 1. The second kappa shape index (κ2) is 10.5. The van der Waals surface area contributed by atoms with Crippen LogP contribution in [0, 0.1) is 0 Å². The predicted molar refractivity (Wildman–Crippen MR) is 77.0 cm³/mol. The van der Waals surface area contributed by atoms with Crippen molar-refractivity contribution in [2.75, 3.05) is 31.7 Å². The SMILES string of the molecule is CSCCCCCNCCOc1ccccc1. The van der Waals surface area contributed by atoms with Crippen molar-refractivity contribution in [1.82, 2.24) is 5.32 Å². The van der Waals surface area contributed by atoms with E-state index in [4.69, 9.17) is 4.74 Å². The summed E-state index contributed by atoms with van der Waals surface area (Å²) in [5.74, 6) is 2.24. The zero-order chi connectivity index (χ0) is 12.2. The van der Waals surface area contributed by atoms with Crippen LogP contribution in [0.25, 0.3) is 0 Å². The van der Waals surface area contributed by atoms with Gasteiger partial charge in [0.25, 0.3) is 0 Å². The molecule has 0 atom stereocenters. The molecule has 1 aromatic rings. The Morgan fingerprint density at radius 3 is 2.65 bits per heavy atom. The van der Waals surface area contributed by atoms with Crippen molar-refractivity contribution in [3.8, 4) is 5.75 Å². The van der Waals surface area contributed by atoms with Crippen LogP contribution in [0.3, 0.4) is 0 Å². The van der Waals surface area contributed by atoms with Crippen LogP contribution >= 0.6 is 11.8 Å². The summed E-state index contributed by atoms with van der Waals surface area (Å²) in [6, 6.07) is 9.97. The van der Waals surface area contributed by atoms with Crippen LogP contribution in [0.4, 0.5) is 0 Å². The van der Waals surface area contributed by atoms with Crippen molar-refractivity contribution < 1.29 is 4.74 Å². The molecule has 2 nitrogen and oxygen atoms in total. The number of hydrogen-bond acceptors (Lipinski definition) is 3. The number of thioether (sulfide) groups is 1. The summed E-state index contributed by atoms with van der Waals surface area (Å²) in [4.78, 5) is 0. The third-order valence-corrected chi connectivity index (χ3v) is 3.19. The van der Waals surface area contributed by atoms with E-state index in [1.54, 1.807) is 0 Å². The maximum Gasteiger partial charge on any atom is 0.119 e. The molecule has 17 heavy (non-hydrogen) atoms. The third-order valence-electron chi connectivity index (χ3n) is 2.49. The number of ether oxygens (including phenoxy) is 1. The molecular weight excluding hydrogens is 230 g/mol. The summed E-state index contributed by atoms with van der Waals surface area (Å²) in [5, 5.41) is 3.40. The fourth-order valence-electron chi connectivity index (χ4n) is 1.56. The molecule has 0 saturated heterocycles. The van der Waals surface area contributed by atoms with Gasteiger partial charge in [-0.25, -0.2) is 0 Å². The van der Waals surface area contributed by atoms with Gasteiger partial charge in [-0.2, -0.15) is 11.8 Å². The van der Waals surface area contributed by atoms with E-state index in [1.165, 1.54) is 25.0 Å². The van der Waals surface area contributed by atoms with Gasteiger partial charge in [-0.1, -0.05) is 24.6 Å². The van der Waals surface area contributed by atoms with Gasteiger partial charge in [0.05, 0.1) is 0 Å². The van der Waals surface area contributed by atoms with Crippen LogP contribution in [-0.4, -0.2) is 31.7 Å². The molecule has 96 valence electrons. The smallest absolute Gasteiger partial charge is 0.119 e. The first-order chi connectivity index (χ1) is 8.43. The summed E-state index contributed by atoms with van der Waals surface area (Å²) in [6.45, 7) is 2.78. The molecule has 1 rings (SSSR count). The van der Waals surface area contributed by atoms with Crippen LogP contribution in [0.15, 0.2) is 30.3 Å². The normalized spacial score (nSPS) is 10.4. The van der Waals surface area contributed by atoms with Gasteiger partial charge < -0.3 is 10.1 Å². The molecular formula is C14H23NOS. The average Bonchev–Trinajstić information content (AvgIpc) is 2.38. The quantitative estimate of drug-likeness (QED) is 0.647. The van der Waals surface area contributed by atoms with Gasteiger partial charge in [0.1, 0.15) is 12.4 Å². The molecule has 3 heteroatoms. The standard InChI is InChI=1S/C14H23NOS/c1-17-13-7-3-6-10-15-11-12-16-14-8-4-2-5-9-14/h2,4-5,8-9,15H,3,6-7,10-13H2,1H3. The third kappa shape index (κ3) is 8.11. The Morgan fingerprint density at radius 1 is 1.06 bits per heavy atom. The van der Waals surface area contributed by atoms with E-state index >= 15 is 0 Å². The molecule has 1 aromatic carbocycles. The van der Waals surface area contributed by atoms with Crippen molar-refractivity contribution in [2.24, 2.45) is 0 Å². The Morgan fingerprint density at radius 2 is 1.88 bits per heavy atom. The summed E-state index contributed by atoms with van der Waals surface area (Å²) in [7, 11) is 0. The van der Waals surface area contributed by atoms with Crippen molar-refractivity contribution in [3.63, 3.8) is 0 Å². The topological polar surface area (TPSA) is 21.3 Å². The first-order valence-electron chi connectivity index (χ1n) is 6.31. The monoisotopic (exact) mass is 253 g/mol. The Labute approximate surface area is 109 Å². The van der Waals surface area contributed by atoms with E-state index in [1.807, 2.05) is 42.1 Å². The maximum absolute atomic E-state index is 5.59. The molecule has 0 aliphatic carbocycles. The molecule has 0 aliphatic rings. The van der Waals surface area contributed by atoms with E-state index in [2.05, 4.69) is 11.6 Å². The van der Waals surface area contributed by atoms with E-state index in [0.717, 1.165) is 25.4 Å². The number of unbranched alkanes of at least 4 members (excludes halogenated alkanes) is 2. The minimum absolute atomic E-state index is 0.745. The summed E-state index contributed by atoms with van der Waals surface area (Å²) in [6.07, 6.45) is 6.10. The highest BCUT2D eigenvalue weighted by atomic mass is 32.2. The Kier molecular flexibility index (Phi) is 8.87. The first kappa shape index (κ1) is 14.4. The summed E-state index contributed by atoms with van der Waals surface area (Å²) < 4.78 is 5.59. The molecule has 0 aliphatic heterocycles. The van der Waals surface area contributed by atoms with E-state index in [-0.39, 0.29) is 0 Å². The second-order valence-electron chi connectivity index (χ2n) is 3.96. The molecule has 0 unspecified atom stereocenters. The van der Waals surface area contributed by atoms with Crippen LogP contribution < -0.4 is 10.1 Å². The van der Waals surface area contributed by atoms with Crippen LogP contribution in [0.5, 0.6) is 5.75 Å². The van der Waals surface area contributed by atoms with Crippen LogP contribution in [-0.2, 0) is 0 Å². The van der Waals surface area contributed by atoms with E-state index < -0.39 is 0 Å². The highest BCUT2D eigenvalue weighted by molar-refractivity contribution is 7.98. The number of nitrogens with one attached hydrogen (secondary N) is 1. The lowest BCUT2D eigenvalue weighted by atomic mass is 10.2. The maximum atomic E-state index is 5.59. The lowest BCUT2D eigenvalue weighted by Gasteiger charge is -2.07. The summed E-state index contributed by atoms with van der Waals surface area (Å²) in [5.41, 5.74) is 0.